The highest BCUT2D eigenvalue weighted by Gasteiger charge is 2.37. The van der Waals surface area contributed by atoms with Crippen LogP contribution in [-0.2, 0) is 4.79 Å². The smallest absolute Gasteiger partial charge is 0.326 e. The molecular formula is C15H20N2O3. The van der Waals surface area contributed by atoms with Crippen molar-refractivity contribution in [3.8, 4) is 0 Å². The first-order valence-electron chi connectivity index (χ1n) is 6.84. The van der Waals surface area contributed by atoms with Crippen LogP contribution in [0, 0.1) is 12.8 Å². The van der Waals surface area contributed by atoms with Gasteiger partial charge >= 0.3 is 12.0 Å². The Kier molecular flexibility index (Phi) is 4.27. The topological polar surface area (TPSA) is 78.4 Å². The van der Waals surface area contributed by atoms with Gasteiger partial charge in [0.05, 0.1) is 6.04 Å². The molecule has 0 spiro atoms. The molecule has 1 aromatic carbocycles. The van der Waals surface area contributed by atoms with Gasteiger partial charge in [-0.25, -0.2) is 9.59 Å². The lowest BCUT2D eigenvalue weighted by Gasteiger charge is -2.19. The van der Waals surface area contributed by atoms with Crippen molar-refractivity contribution in [1.82, 2.24) is 10.6 Å². The number of aryl methyl sites for hydroxylation is 1. The molecule has 3 N–H and O–H groups in total. The maximum atomic E-state index is 11.9. The number of amides is 2. The van der Waals surface area contributed by atoms with E-state index in [0.717, 1.165) is 24.0 Å². The van der Waals surface area contributed by atoms with Gasteiger partial charge in [-0.1, -0.05) is 24.3 Å². The van der Waals surface area contributed by atoms with Gasteiger partial charge in [0.1, 0.15) is 6.04 Å². The molecular weight excluding hydrogens is 256 g/mol. The third kappa shape index (κ3) is 3.50. The number of aliphatic carboxylic acids is 1. The van der Waals surface area contributed by atoms with E-state index in [1.54, 1.807) is 0 Å². The van der Waals surface area contributed by atoms with Crippen LogP contribution in [0.2, 0.25) is 0 Å². The minimum absolute atomic E-state index is 0.0759. The largest absolute Gasteiger partial charge is 0.480 e. The zero-order valence-electron chi connectivity index (χ0n) is 11.7. The van der Waals surface area contributed by atoms with Crippen molar-refractivity contribution in [1.29, 1.82) is 0 Å². The Balaban J connectivity index is 1.94. The first-order valence-corrected chi connectivity index (χ1v) is 6.84. The van der Waals surface area contributed by atoms with Crippen LogP contribution in [0.5, 0.6) is 0 Å². The molecule has 20 heavy (non-hydrogen) atoms. The summed E-state index contributed by atoms with van der Waals surface area (Å²) < 4.78 is 0. The number of carbonyl (C=O) groups excluding carboxylic acids is 1. The summed E-state index contributed by atoms with van der Waals surface area (Å²) in [6.07, 6.45) is 1.73. The molecule has 0 aliphatic heterocycles. The number of hydrogen-bond acceptors (Lipinski definition) is 2. The molecule has 0 saturated heterocycles. The number of carboxylic acids is 1. The minimum atomic E-state index is -0.966. The normalized spacial score (nSPS) is 17.1. The van der Waals surface area contributed by atoms with E-state index in [-0.39, 0.29) is 12.0 Å². The lowest BCUT2D eigenvalue weighted by atomic mass is 10.0. The van der Waals surface area contributed by atoms with Crippen molar-refractivity contribution in [3.05, 3.63) is 35.4 Å². The van der Waals surface area contributed by atoms with Gasteiger partial charge in [0.2, 0.25) is 0 Å². The second kappa shape index (κ2) is 5.94. The summed E-state index contributed by atoms with van der Waals surface area (Å²) >= 11 is 0. The van der Waals surface area contributed by atoms with Gasteiger partial charge in [-0.15, -0.1) is 0 Å². The zero-order valence-corrected chi connectivity index (χ0v) is 11.7. The number of urea groups is 1. The highest BCUT2D eigenvalue weighted by Crippen LogP contribution is 2.32. The van der Waals surface area contributed by atoms with E-state index in [2.05, 4.69) is 10.6 Å². The van der Waals surface area contributed by atoms with Gasteiger partial charge in [0.15, 0.2) is 0 Å². The predicted octanol–water partition coefficient (Wildman–Crippen LogP) is 2.22. The van der Waals surface area contributed by atoms with E-state index in [1.165, 1.54) is 0 Å². The van der Waals surface area contributed by atoms with Crippen LogP contribution in [0.4, 0.5) is 4.79 Å². The van der Waals surface area contributed by atoms with Gasteiger partial charge in [0.25, 0.3) is 0 Å². The third-order valence-electron chi connectivity index (χ3n) is 3.65. The first kappa shape index (κ1) is 14.4. The van der Waals surface area contributed by atoms with Crippen LogP contribution < -0.4 is 10.6 Å². The van der Waals surface area contributed by atoms with Crippen LogP contribution in [0.3, 0.4) is 0 Å². The summed E-state index contributed by atoms with van der Waals surface area (Å²) in [5.74, 6) is -0.891. The fourth-order valence-corrected chi connectivity index (χ4v) is 2.34. The monoisotopic (exact) mass is 276 g/mol. The molecule has 2 amide bonds. The van der Waals surface area contributed by atoms with Gasteiger partial charge in [-0.2, -0.15) is 0 Å². The van der Waals surface area contributed by atoms with Crippen LogP contribution in [-0.4, -0.2) is 23.1 Å². The number of hydrogen-bond donors (Lipinski definition) is 3. The Morgan fingerprint density at radius 3 is 2.45 bits per heavy atom. The van der Waals surface area contributed by atoms with E-state index in [0.29, 0.717) is 0 Å². The number of benzene rings is 1. The van der Waals surface area contributed by atoms with Crippen molar-refractivity contribution >= 4 is 12.0 Å². The zero-order chi connectivity index (χ0) is 14.7. The molecule has 2 atom stereocenters. The number of nitrogens with one attached hydrogen (secondary N) is 2. The lowest BCUT2D eigenvalue weighted by molar-refractivity contribution is -0.139. The highest BCUT2D eigenvalue weighted by atomic mass is 16.4. The fraction of sp³-hybridized carbons (Fsp3) is 0.467. The molecule has 108 valence electrons. The third-order valence-corrected chi connectivity index (χ3v) is 3.65. The van der Waals surface area contributed by atoms with Crippen molar-refractivity contribution in [2.45, 2.75) is 38.8 Å². The molecule has 5 nitrogen and oxygen atoms in total. The van der Waals surface area contributed by atoms with Crippen molar-refractivity contribution in [2.24, 2.45) is 5.92 Å². The summed E-state index contributed by atoms with van der Waals surface area (Å²) in [5, 5.41) is 14.4. The molecule has 2 rings (SSSR count). The quantitative estimate of drug-likeness (QED) is 0.771. The maximum absolute atomic E-state index is 11.9. The molecule has 0 heterocycles. The fourth-order valence-electron chi connectivity index (χ4n) is 2.34. The van der Waals surface area contributed by atoms with E-state index >= 15 is 0 Å². The molecule has 0 aromatic heterocycles. The van der Waals surface area contributed by atoms with Crippen molar-refractivity contribution in [2.75, 3.05) is 0 Å². The highest BCUT2D eigenvalue weighted by molar-refractivity contribution is 5.83. The second-order valence-electron chi connectivity index (χ2n) is 5.35. The average Bonchev–Trinajstić information content (AvgIpc) is 3.20. The van der Waals surface area contributed by atoms with Crippen LogP contribution in [0.15, 0.2) is 24.3 Å². The molecule has 1 fully saturated rings. The summed E-state index contributed by atoms with van der Waals surface area (Å²) in [6.45, 7) is 3.87. The summed E-state index contributed by atoms with van der Waals surface area (Å²) in [7, 11) is 0. The number of carboxylic acid groups (broad SMARTS) is 1. The van der Waals surface area contributed by atoms with Gasteiger partial charge < -0.3 is 15.7 Å². The summed E-state index contributed by atoms with van der Waals surface area (Å²) in [4.78, 5) is 23.0. The molecule has 2 unspecified atom stereocenters. The molecule has 1 saturated carbocycles. The maximum Gasteiger partial charge on any atom is 0.326 e. The van der Waals surface area contributed by atoms with E-state index in [1.807, 2.05) is 38.1 Å². The molecule has 0 radical (unpaired) electrons. The van der Waals surface area contributed by atoms with E-state index in [9.17, 15) is 9.59 Å². The second-order valence-corrected chi connectivity index (χ2v) is 5.35. The van der Waals surface area contributed by atoms with Crippen molar-refractivity contribution < 1.29 is 14.7 Å². The van der Waals surface area contributed by atoms with Gasteiger partial charge in [-0.3, -0.25) is 0 Å². The minimum Gasteiger partial charge on any atom is -0.480 e. The standard InChI is InChI=1S/C15H20N2O3/c1-9-5-3-4-6-12(9)10(2)16-15(20)17-13(14(18)19)11-7-8-11/h3-6,10-11,13H,7-8H2,1-2H3,(H,18,19)(H2,16,17,20). The SMILES string of the molecule is Cc1ccccc1C(C)NC(=O)NC(C(=O)O)C1CC1. The van der Waals surface area contributed by atoms with E-state index < -0.39 is 18.0 Å². The van der Waals surface area contributed by atoms with Crippen molar-refractivity contribution in [3.63, 3.8) is 0 Å². The molecule has 0 bridgehead atoms. The van der Waals surface area contributed by atoms with Crippen LogP contribution in [0.1, 0.15) is 36.9 Å². The average molecular weight is 276 g/mol. The Morgan fingerprint density at radius 1 is 1.25 bits per heavy atom. The van der Waals surface area contributed by atoms with Crippen LogP contribution >= 0.6 is 0 Å². The Labute approximate surface area is 118 Å². The van der Waals surface area contributed by atoms with Gasteiger partial charge in [0, 0.05) is 0 Å². The summed E-state index contributed by atoms with van der Waals surface area (Å²) in [5.41, 5.74) is 2.12. The number of rotatable bonds is 5. The predicted molar refractivity (Wildman–Crippen MR) is 75.4 cm³/mol. The Morgan fingerprint density at radius 2 is 1.90 bits per heavy atom. The van der Waals surface area contributed by atoms with E-state index in [4.69, 9.17) is 5.11 Å². The molecule has 1 aliphatic rings. The Hall–Kier alpha value is -2.04. The lowest BCUT2D eigenvalue weighted by Crippen LogP contribution is -2.47. The van der Waals surface area contributed by atoms with Gasteiger partial charge in [-0.05, 0) is 43.7 Å². The summed E-state index contributed by atoms with van der Waals surface area (Å²) in [6, 6.07) is 6.43. The van der Waals surface area contributed by atoms with Crippen LogP contribution in [0.25, 0.3) is 0 Å². The Bertz CT molecular complexity index is 512. The molecule has 1 aromatic rings. The molecule has 1 aliphatic carbocycles. The number of carbonyl (C=O) groups is 2. The first-order chi connectivity index (χ1) is 9.49. The molecule has 5 heteroatoms.